The highest BCUT2D eigenvalue weighted by molar-refractivity contribution is 5.76. The SMILES string of the molecule is COc1cccc(-c2ccc3c(c2)CCOC3C(=O)O)n1. The van der Waals surface area contributed by atoms with E-state index in [9.17, 15) is 9.90 Å². The van der Waals surface area contributed by atoms with Crippen molar-refractivity contribution in [2.75, 3.05) is 13.7 Å². The zero-order valence-corrected chi connectivity index (χ0v) is 11.6. The number of methoxy groups -OCH3 is 1. The second kappa shape index (κ2) is 5.54. The van der Waals surface area contributed by atoms with Crippen LogP contribution in [0.15, 0.2) is 36.4 Å². The summed E-state index contributed by atoms with van der Waals surface area (Å²) in [5, 5.41) is 9.19. The van der Waals surface area contributed by atoms with Crippen LogP contribution in [0.4, 0.5) is 0 Å². The number of aliphatic carboxylic acids is 1. The molecule has 0 bridgehead atoms. The molecule has 0 fully saturated rings. The number of rotatable bonds is 3. The molecule has 0 amide bonds. The monoisotopic (exact) mass is 285 g/mol. The molecule has 1 aliphatic rings. The van der Waals surface area contributed by atoms with Crippen LogP contribution in [0.1, 0.15) is 17.2 Å². The number of nitrogens with zero attached hydrogens (tertiary/aromatic N) is 1. The van der Waals surface area contributed by atoms with Crippen molar-refractivity contribution in [1.29, 1.82) is 0 Å². The van der Waals surface area contributed by atoms with Crippen LogP contribution in [0.2, 0.25) is 0 Å². The molecule has 0 spiro atoms. The zero-order valence-electron chi connectivity index (χ0n) is 11.6. The number of carboxylic acids is 1. The van der Waals surface area contributed by atoms with E-state index in [0.717, 1.165) is 22.4 Å². The molecule has 1 aliphatic heterocycles. The minimum atomic E-state index is -0.955. The van der Waals surface area contributed by atoms with E-state index in [4.69, 9.17) is 9.47 Å². The molecule has 1 N–H and O–H groups in total. The van der Waals surface area contributed by atoms with Crippen LogP contribution in [-0.2, 0) is 16.0 Å². The second-order valence-corrected chi connectivity index (χ2v) is 4.82. The Morgan fingerprint density at radius 3 is 3.00 bits per heavy atom. The summed E-state index contributed by atoms with van der Waals surface area (Å²) in [5.41, 5.74) is 3.46. The van der Waals surface area contributed by atoms with Gasteiger partial charge in [0, 0.05) is 11.6 Å². The average molecular weight is 285 g/mol. The third-order valence-electron chi connectivity index (χ3n) is 3.53. The van der Waals surface area contributed by atoms with E-state index in [-0.39, 0.29) is 0 Å². The van der Waals surface area contributed by atoms with Crippen LogP contribution >= 0.6 is 0 Å². The van der Waals surface area contributed by atoms with E-state index in [1.165, 1.54) is 0 Å². The van der Waals surface area contributed by atoms with Gasteiger partial charge in [-0.1, -0.05) is 18.2 Å². The Morgan fingerprint density at radius 1 is 1.38 bits per heavy atom. The van der Waals surface area contributed by atoms with E-state index in [1.807, 2.05) is 30.3 Å². The third-order valence-corrected chi connectivity index (χ3v) is 3.53. The molecule has 1 aromatic carbocycles. The molecule has 1 atom stereocenters. The number of carboxylic acid groups (broad SMARTS) is 1. The first-order valence-electron chi connectivity index (χ1n) is 6.67. The highest BCUT2D eigenvalue weighted by Crippen LogP contribution is 2.31. The molecule has 1 unspecified atom stereocenters. The van der Waals surface area contributed by atoms with Crippen molar-refractivity contribution in [3.63, 3.8) is 0 Å². The lowest BCUT2D eigenvalue weighted by Gasteiger charge is -2.23. The van der Waals surface area contributed by atoms with E-state index < -0.39 is 12.1 Å². The van der Waals surface area contributed by atoms with Crippen LogP contribution in [0.5, 0.6) is 5.88 Å². The minimum Gasteiger partial charge on any atom is -0.481 e. The number of ether oxygens (including phenoxy) is 2. The van der Waals surface area contributed by atoms with Crippen molar-refractivity contribution in [2.45, 2.75) is 12.5 Å². The van der Waals surface area contributed by atoms with E-state index in [0.29, 0.717) is 18.9 Å². The van der Waals surface area contributed by atoms with Gasteiger partial charge in [-0.15, -0.1) is 0 Å². The van der Waals surface area contributed by atoms with Gasteiger partial charge in [0.05, 0.1) is 19.4 Å². The molecule has 0 radical (unpaired) electrons. The Kier molecular flexibility index (Phi) is 3.58. The van der Waals surface area contributed by atoms with E-state index >= 15 is 0 Å². The first-order chi connectivity index (χ1) is 10.2. The van der Waals surface area contributed by atoms with Gasteiger partial charge in [0.2, 0.25) is 5.88 Å². The van der Waals surface area contributed by atoms with Crippen LogP contribution < -0.4 is 4.74 Å². The summed E-state index contributed by atoms with van der Waals surface area (Å²) in [5.74, 6) is -0.403. The fourth-order valence-corrected chi connectivity index (χ4v) is 2.51. The minimum absolute atomic E-state index is 0.416. The van der Waals surface area contributed by atoms with Crippen molar-refractivity contribution in [3.05, 3.63) is 47.5 Å². The molecule has 3 rings (SSSR count). The average Bonchev–Trinajstić information content (AvgIpc) is 2.53. The van der Waals surface area contributed by atoms with Gasteiger partial charge in [-0.3, -0.25) is 0 Å². The van der Waals surface area contributed by atoms with Gasteiger partial charge in [0.25, 0.3) is 0 Å². The maximum absolute atomic E-state index is 11.2. The van der Waals surface area contributed by atoms with Gasteiger partial charge in [-0.05, 0) is 29.7 Å². The van der Waals surface area contributed by atoms with Gasteiger partial charge in [0.1, 0.15) is 0 Å². The van der Waals surface area contributed by atoms with E-state index in [2.05, 4.69) is 4.98 Å². The summed E-state index contributed by atoms with van der Waals surface area (Å²) in [6.45, 7) is 0.416. The molecule has 0 saturated carbocycles. The number of fused-ring (bicyclic) bond motifs is 1. The maximum atomic E-state index is 11.2. The molecule has 0 aliphatic carbocycles. The molecule has 2 aromatic rings. The topological polar surface area (TPSA) is 68.7 Å². The van der Waals surface area contributed by atoms with Crippen LogP contribution in [0.25, 0.3) is 11.3 Å². The third kappa shape index (κ3) is 2.60. The Bertz CT molecular complexity index is 684. The molecule has 2 heterocycles. The van der Waals surface area contributed by atoms with Crippen molar-refractivity contribution in [1.82, 2.24) is 4.98 Å². The molecule has 21 heavy (non-hydrogen) atoms. The lowest BCUT2D eigenvalue weighted by Crippen LogP contribution is -2.23. The van der Waals surface area contributed by atoms with E-state index in [1.54, 1.807) is 13.2 Å². The highest BCUT2D eigenvalue weighted by atomic mass is 16.5. The molecular weight excluding hydrogens is 270 g/mol. The summed E-state index contributed by atoms with van der Waals surface area (Å²) < 4.78 is 10.4. The zero-order chi connectivity index (χ0) is 14.8. The summed E-state index contributed by atoms with van der Waals surface area (Å²) in [7, 11) is 1.58. The normalized spacial score (nSPS) is 17.1. The Balaban J connectivity index is 2.01. The van der Waals surface area contributed by atoms with Gasteiger partial charge < -0.3 is 14.6 Å². The lowest BCUT2D eigenvalue weighted by atomic mass is 9.94. The fraction of sp³-hybridized carbons (Fsp3) is 0.250. The van der Waals surface area contributed by atoms with Gasteiger partial charge in [0.15, 0.2) is 6.10 Å². The van der Waals surface area contributed by atoms with Crippen LogP contribution in [-0.4, -0.2) is 29.8 Å². The first-order valence-corrected chi connectivity index (χ1v) is 6.67. The predicted molar refractivity (Wildman–Crippen MR) is 76.3 cm³/mol. The number of aromatic nitrogens is 1. The largest absolute Gasteiger partial charge is 0.481 e. The first kappa shape index (κ1) is 13.6. The van der Waals surface area contributed by atoms with Crippen molar-refractivity contribution >= 4 is 5.97 Å². The van der Waals surface area contributed by atoms with Gasteiger partial charge in [-0.2, -0.15) is 0 Å². The van der Waals surface area contributed by atoms with Gasteiger partial charge >= 0.3 is 5.97 Å². The molecule has 108 valence electrons. The molecule has 5 nitrogen and oxygen atoms in total. The maximum Gasteiger partial charge on any atom is 0.337 e. The summed E-state index contributed by atoms with van der Waals surface area (Å²) in [4.78, 5) is 15.6. The van der Waals surface area contributed by atoms with Crippen molar-refractivity contribution < 1.29 is 19.4 Å². The van der Waals surface area contributed by atoms with Gasteiger partial charge in [-0.25, -0.2) is 9.78 Å². The molecular formula is C16H15NO4. The molecule has 0 saturated heterocycles. The number of benzene rings is 1. The highest BCUT2D eigenvalue weighted by Gasteiger charge is 2.27. The standard InChI is InChI=1S/C16H15NO4/c1-20-14-4-2-3-13(17-14)11-5-6-12-10(9-11)7-8-21-15(12)16(18)19/h2-6,9,15H,7-8H2,1H3,(H,18,19). The smallest absolute Gasteiger partial charge is 0.337 e. The summed E-state index contributed by atoms with van der Waals surface area (Å²) in [6.07, 6.45) is -0.169. The lowest BCUT2D eigenvalue weighted by molar-refractivity contribution is -0.151. The Labute approximate surface area is 122 Å². The number of hydrogen-bond acceptors (Lipinski definition) is 4. The second-order valence-electron chi connectivity index (χ2n) is 4.82. The molecule has 5 heteroatoms. The predicted octanol–water partition coefficient (Wildman–Crippen LogP) is 2.46. The summed E-state index contributed by atoms with van der Waals surface area (Å²) >= 11 is 0. The number of hydrogen-bond donors (Lipinski definition) is 1. The van der Waals surface area contributed by atoms with Crippen molar-refractivity contribution in [2.24, 2.45) is 0 Å². The quantitative estimate of drug-likeness (QED) is 0.938. The summed E-state index contributed by atoms with van der Waals surface area (Å²) in [6, 6.07) is 11.2. The van der Waals surface area contributed by atoms with Crippen LogP contribution in [0.3, 0.4) is 0 Å². The van der Waals surface area contributed by atoms with Crippen molar-refractivity contribution in [3.8, 4) is 17.1 Å². The van der Waals surface area contributed by atoms with Crippen LogP contribution in [0, 0.1) is 0 Å². The number of carbonyl (C=O) groups is 1. The fourth-order valence-electron chi connectivity index (χ4n) is 2.51. The number of pyridine rings is 1. The Morgan fingerprint density at radius 2 is 2.24 bits per heavy atom. The molecule has 1 aromatic heterocycles. The Hall–Kier alpha value is -2.40.